The third-order valence-corrected chi connectivity index (χ3v) is 3.15. The van der Waals surface area contributed by atoms with Crippen LogP contribution in [0.3, 0.4) is 0 Å². The van der Waals surface area contributed by atoms with Crippen LogP contribution < -0.4 is 0 Å². The summed E-state index contributed by atoms with van der Waals surface area (Å²) < 4.78 is 14.7. The normalized spacial score (nSPS) is 25.1. The summed E-state index contributed by atoms with van der Waals surface area (Å²) in [6, 6.07) is 7.44. The maximum atomic E-state index is 14.7. The van der Waals surface area contributed by atoms with Gasteiger partial charge in [-0.2, -0.15) is 0 Å². The molecule has 1 unspecified atom stereocenters. The van der Waals surface area contributed by atoms with Crippen LogP contribution in [-0.4, -0.2) is 0 Å². The number of alkyl halides is 1. The first-order valence-electron chi connectivity index (χ1n) is 4.92. The van der Waals surface area contributed by atoms with E-state index in [1.807, 2.05) is 25.1 Å². The van der Waals surface area contributed by atoms with E-state index in [0.29, 0.717) is 12.0 Å². The summed E-state index contributed by atoms with van der Waals surface area (Å²) in [5.74, 6) is 0. The van der Waals surface area contributed by atoms with Gasteiger partial charge in [-0.3, -0.25) is 0 Å². The van der Waals surface area contributed by atoms with Crippen LogP contribution in [0.1, 0.15) is 17.5 Å². The van der Waals surface area contributed by atoms with Gasteiger partial charge in [0, 0.05) is 6.42 Å². The summed E-state index contributed by atoms with van der Waals surface area (Å²) in [5, 5.41) is 0.263. The first kappa shape index (κ1) is 10.4. The van der Waals surface area contributed by atoms with Crippen LogP contribution in [0.15, 0.2) is 47.5 Å². The van der Waals surface area contributed by atoms with Gasteiger partial charge >= 0.3 is 0 Å². The van der Waals surface area contributed by atoms with Crippen LogP contribution in [-0.2, 0) is 5.67 Å². The summed E-state index contributed by atoms with van der Waals surface area (Å²) in [5.41, 5.74) is 0.0548. The molecule has 0 bridgehead atoms. The summed E-state index contributed by atoms with van der Waals surface area (Å²) in [6.07, 6.45) is 5.53. The van der Waals surface area contributed by atoms with Crippen molar-refractivity contribution in [2.24, 2.45) is 0 Å². The van der Waals surface area contributed by atoms with E-state index in [0.717, 1.165) is 5.56 Å². The topological polar surface area (TPSA) is 0 Å². The quantitative estimate of drug-likeness (QED) is 0.667. The van der Waals surface area contributed by atoms with Crippen LogP contribution in [0.4, 0.5) is 4.39 Å². The predicted molar refractivity (Wildman–Crippen MR) is 61.7 cm³/mol. The molecule has 0 fully saturated rings. The second-order valence-corrected chi connectivity index (χ2v) is 4.17. The van der Waals surface area contributed by atoms with Crippen molar-refractivity contribution in [3.8, 4) is 0 Å². The van der Waals surface area contributed by atoms with Gasteiger partial charge in [0.15, 0.2) is 5.67 Å². The summed E-state index contributed by atoms with van der Waals surface area (Å²) in [7, 11) is 0. The molecule has 0 nitrogen and oxygen atoms in total. The van der Waals surface area contributed by atoms with E-state index in [1.165, 1.54) is 0 Å². The highest BCUT2D eigenvalue weighted by atomic mass is 35.5. The van der Waals surface area contributed by atoms with E-state index in [2.05, 4.69) is 0 Å². The fraction of sp³-hybridized carbons (Fsp3) is 0.231. The molecule has 0 N–H and O–H groups in total. The molecule has 78 valence electrons. The minimum Gasteiger partial charge on any atom is -0.232 e. The van der Waals surface area contributed by atoms with Crippen LogP contribution in [0.2, 0.25) is 0 Å². The lowest BCUT2D eigenvalue weighted by Gasteiger charge is -2.27. The lowest BCUT2D eigenvalue weighted by molar-refractivity contribution is 0.228. The Hall–Kier alpha value is -1.08. The van der Waals surface area contributed by atoms with E-state index < -0.39 is 5.67 Å². The van der Waals surface area contributed by atoms with Crippen molar-refractivity contribution < 1.29 is 4.39 Å². The van der Waals surface area contributed by atoms with Crippen molar-refractivity contribution in [3.05, 3.63) is 58.7 Å². The van der Waals surface area contributed by atoms with Gasteiger partial charge < -0.3 is 0 Å². The molecule has 0 aromatic heterocycles. The maximum Gasteiger partial charge on any atom is 0.175 e. The van der Waals surface area contributed by atoms with E-state index in [4.69, 9.17) is 11.6 Å². The molecule has 0 saturated heterocycles. The van der Waals surface area contributed by atoms with Crippen LogP contribution in [0, 0.1) is 6.92 Å². The Kier molecular flexibility index (Phi) is 2.66. The van der Waals surface area contributed by atoms with Gasteiger partial charge in [0.1, 0.15) is 0 Å². The predicted octanol–water partition coefficient (Wildman–Crippen LogP) is 4.24. The Morgan fingerprint density at radius 2 is 2.07 bits per heavy atom. The number of hydrogen-bond donors (Lipinski definition) is 0. The monoisotopic (exact) mass is 222 g/mol. The molecule has 2 heteroatoms. The van der Waals surface area contributed by atoms with Crippen molar-refractivity contribution >= 4 is 11.6 Å². The van der Waals surface area contributed by atoms with E-state index in [-0.39, 0.29) is 5.03 Å². The van der Waals surface area contributed by atoms with Gasteiger partial charge in [0.25, 0.3) is 0 Å². The molecular weight excluding hydrogens is 211 g/mol. The number of halogens is 2. The zero-order valence-electron chi connectivity index (χ0n) is 8.50. The van der Waals surface area contributed by atoms with Crippen molar-refractivity contribution in [2.75, 3.05) is 0 Å². The molecule has 2 rings (SSSR count). The zero-order chi connectivity index (χ0) is 10.9. The minimum atomic E-state index is -1.54. The highest BCUT2D eigenvalue weighted by Crippen LogP contribution is 2.42. The number of aryl methyl sites for hydroxylation is 1. The largest absolute Gasteiger partial charge is 0.232 e. The zero-order valence-corrected chi connectivity index (χ0v) is 9.26. The van der Waals surface area contributed by atoms with Gasteiger partial charge in [0.2, 0.25) is 0 Å². The number of allylic oxidation sites excluding steroid dienone is 4. The van der Waals surface area contributed by atoms with Gasteiger partial charge in [-0.05, 0) is 24.1 Å². The lowest BCUT2D eigenvalue weighted by Crippen LogP contribution is -2.22. The van der Waals surface area contributed by atoms with Crippen LogP contribution >= 0.6 is 11.6 Å². The van der Waals surface area contributed by atoms with Crippen molar-refractivity contribution in [1.82, 2.24) is 0 Å². The molecule has 15 heavy (non-hydrogen) atoms. The molecule has 1 aromatic rings. The maximum absolute atomic E-state index is 14.7. The Bertz CT molecular complexity index is 434. The number of hydrogen-bond acceptors (Lipinski definition) is 0. The highest BCUT2D eigenvalue weighted by molar-refractivity contribution is 6.31. The molecular formula is C13H12ClF. The van der Waals surface area contributed by atoms with Crippen molar-refractivity contribution in [3.63, 3.8) is 0 Å². The third-order valence-electron chi connectivity index (χ3n) is 2.73. The smallest absolute Gasteiger partial charge is 0.175 e. The summed E-state index contributed by atoms with van der Waals surface area (Å²) in [4.78, 5) is 0. The standard InChI is InChI=1S/C13H12ClF/c1-10-6-2-3-7-11(10)13(15)9-5-4-8-12(13)14/h2-8H,9H2,1H3. The third kappa shape index (κ3) is 1.72. The first-order valence-corrected chi connectivity index (χ1v) is 5.30. The van der Waals surface area contributed by atoms with Gasteiger partial charge in [0.05, 0.1) is 5.03 Å². The Morgan fingerprint density at radius 3 is 2.73 bits per heavy atom. The molecule has 1 atom stereocenters. The molecule has 0 spiro atoms. The highest BCUT2D eigenvalue weighted by Gasteiger charge is 2.36. The average molecular weight is 223 g/mol. The average Bonchev–Trinajstić information content (AvgIpc) is 2.23. The molecule has 0 heterocycles. The summed E-state index contributed by atoms with van der Waals surface area (Å²) >= 11 is 5.97. The molecule has 0 amide bonds. The van der Waals surface area contributed by atoms with E-state index >= 15 is 0 Å². The Morgan fingerprint density at radius 1 is 1.33 bits per heavy atom. The number of rotatable bonds is 1. The summed E-state index contributed by atoms with van der Waals surface area (Å²) in [6.45, 7) is 1.90. The fourth-order valence-electron chi connectivity index (χ4n) is 1.87. The van der Waals surface area contributed by atoms with E-state index in [9.17, 15) is 4.39 Å². The molecule has 1 aliphatic rings. The minimum absolute atomic E-state index is 0.263. The molecule has 0 aliphatic heterocycles. The molecule has 0 radical (unpaired) electrons. The Balaban J connectivity index is 2.51. The van der Waals surface area contributed by atoms with Crippen molar-refractivity contribution in [2.45, 2.75) is 19.0 Å². The van der Waals surface area contributed by atoms with E-state index in [1.54, 1.807) is 24.3 Å². The Labute approximate surface area is 94.1 Å². The van der Waals surface area contributed by atoms with Gasteiger partial charge in [-0.15, -0.1) is 0 Å². The number of benzene rings is 1. The molecule has 0 saturated carbocycles. The van der Waals surface area contributed by atoms with Crippen molar-refractivity contribution in [1.29, 1.82) is 0 Å². The van der Waals surface area contributed by atoms with Crippen LogP contribution in [0.25, 0.3) is 0 Å². The second-order valence-electron chi connectivity index (χ2n) is 3.76. The van der Waals surface area contributed by atoms with Gasteiger partial charge in [-0.25, -0.2) is 4.39 Å². The van der Waals surface area contributed by atoms with Gasteiger partial charge in [-0.1, -0.05) is 48.0 Å². The first-order chi connectivity index (χ1) is 7.14. The second kappa shape index (κ2) is 3.82. The lowest BCUT2D eigenvalue weighted by atomic mass is 9.86. The molecule has 1 aromatic carbocycles. The van der Waals surface area contributed by atoms with Crippen LogP contribution in [0.5, 0.6) is 0 Å². The SMILES string of the molecule is Cc1ccccc1C1(F)CC=CC=C1Cl. The molecule has 1 aliphatic carbocycles. The fourth-order valence-corrected chi connectivity index (χ4v) is 2.12.